The molecule has 0 aliphatic carbocycles. The van der Waals surface area contributed by atoms with Crippen LogP contribution in [0.25, 0.3) is 0 Å². The highest BCUT2D eigenvalue weighted by Gasteiger charge is 2.12. The molecule has 1 aromatic heterocycles. The summed E-state index contributed by atoms with van der Waals surface area (Å²) in [5.74, 6) is 5.73. The van der Waals surface area contributed by atoms with Gasteiger partial charge in [-0.1, -0.05) is 37.0 Å². The third-order valence-corrected chi connectivity index (χ3v) is 4.24. The van der Waals surface area contributed by atoms with Gasteiger partial charge in [-0.3, -0.25) is 4.79 Å². The number of para-hydroxylation sites is 1. The minimum atomic E-state index is -0.0928. The number of rotatable bonds is 3. The molecule has 2 rings (SSSR count). The highest BCUT2D eigenvalue weighted by atomic mass is 32.1. The minimum absolute atomic E-state index is 0.0928. The molecule has 108 valence electrons. The van der Waals surface area contributed by atoms with Gasteiger partial charge in [0.05, 0.1) is 16.3 Å². The average molecular weight is 298 g/mol. The van der Waals surface area contributed by atoms with E-state index in [4.69, 9.17) is 5.73 Å². The topological polar surface area (TPSA) is 55.1 Å². The molecule has 0 unspecified atom stereocenters. The zero-order chi connectivity index (χ0) is 15.2. The lowest BCUT2D eigenvalue weighted by Gasteiger charge is -2.08. The first-order valence-corrected chi connectivity index (χ1v) is 7.66. The molecule has 0 bridgehead atoms. The standard InChI is InChI=1S/C17H18N2OS/c1-3-13-7-4-5-8-14(13)19-17(20)16-11-12(2)15(21-16)9-6-10-18/h4-5,7-8,11H,3,10,18H2,1-2H3,(H,19,20). The molecule has 1 amide bonds. The van der Waals surface area contributed by atoms with Crippen molar-refractivity contribution in [3.63, 3.8) is 0 Å². The third-order valence-electron chi connectivity index (χ3n) is 3.09. The van der Waals surface area contributed by atoms with Gasteiger partial charge in [-0.25, -0.2) is 0 Å². The Morgan fingerprint density at radius 1 is 1.38 bits per heavy atom. The number of amides is 1. The van der Waals surface area contributed by atoms with Crippen molar-refractivity contribution in [1.29, 1.82) is 0 Å². The summed E-state index contributed by atoms with van der Waals surface area (Å²) in [5, 5.41) is 2.97. The van der Waals surface area contributed by atoms with Gasteiger partial charge in [-0.2, -0.15) is 0 Å². The number of hydrogen-bond donors (Lipinski definition) is 2. The molecule has 0 aliphatic heterocycles. The maximum absolute atomic E-state index is 12.3. The summed E-state index contributed by atoms with van der Waals surface area (Å²) in [4.78, 5) is 13.9. The Bertz CT molecular complexity index is 707. The van der Waals surface area contributed by atoms with E-state index in [1.165, 1.54) is 11.3 Å². The molecule has 0 atom stereocenters. The number of nitrogens with one attached hydrogen (secondary N) is 1. The van der Waals surface area contributed by atoms with E-state index < -0.39 is 0 Å². The van der Waals surface area contributed by atoms with Crippen molar-refractivity contribution >= 4 is 22.9 Å². The quantitative estimate of drug-likeness (QED) is 0.855. The molecule has 3 nitrogen and oxygen atoms in total. The molecule has 21 heavy (non-hydrogen) atoms. The lowest BCUT2D eigenvalue weighted by atomic mass is 10.1. The zero-order valence-corrected chi connectivity index (χ0v) is 13.0. The number of carbonyl (C=O) groups is 1. The zero-order valence-electron chi connectivity index (χ0n) is 12.2. The number of nitrogens with two attached hydrogens (primary N) is 1. The second-order valence-electron chi connectivity index (χ2n) is 4.59. The monoisotopic (exact) mass is 298 g/mol. The van der Waals surface area contributed by atoms with Gasteiger partial charge in [0.15, 0.2) is 0 Å². The summed E-state index contributed by atoms with van der Waals surface area (Å²) in [6.07, 6.45) is 0.882. The molecule has 0 fully saturated rings. The first-order valence-electron chi connectivity index (χ1n) is 6.84. The number of carbonyl (C=O) groups excluding carboxylic acids is 1. The van der Waals surface area contributed by atoms with Gasteiger partial charge in [0.25, 0.3) is 5.91 Å². The molecular weight excluding hydrogens is 280 g/mol. The Morgan fingerprint density at radius 2 is 2.14 bits per heavy atom. The summed E-state index contributed by atoms with van der Waals surface area (Å²) in [5.41, 5.74) is 8.38. The van der Waals surface area contributed by atoms with Crippen molar-refractivity contribution in [2.45, 2.75) is 20.3 Å². The molecule has 1 heterocycles. The van der Waals surface area contributed by atoms with Crippen LogP contribution in [0.4, 0.5) is 5.69 Å². The second-order valence-corrected chi connectivity index (χ2v) is 5.65. The van der Waals surface area contributed by atoms with Gasteiger partial charge in [0.1, 0.15) is 0 Å². The predicted octanol–water partition coefficient (Wildman–Crippen LogP) is 3.18. The molecule has 4 heteroatoms. The van der Waals surface area contributed by atoms with Gasteiger partial charge in [-0.15, -0.1) is 11.3 Å². The van der Waals surface area contributed by atoms with Crippen LogP contribution in [-0.2, 0) is 6.42 Å². The Labute approximate surface area is 129 Å². The van der Waals surface area contributed by atoms with Crippen LogP contribution in [-0.4, -0.2) is 12.5 Å². The van der Waals surface area contributed by atoms with E-state index in [0.717, 1.165) is 28.1 Å². The van der Waals surface area contributed by atoms with Crippen molar-refractivity contribution < 1.29 is 4.79 Å². The van der Waals surface area contributed by atoms with E-state index in [-0.39, 0.29) is 5.91 Å². The van der Waals surface area contributed by atoms with E-state index in [0.29, 0.717) is 11.4 Å². The lowest BCUT2D eigenvalue weighted by Crippen LogP contribution is -2.11. The molecule has 0 saturated heterocycles. The first-order chi connectivity index (χ1) is 10.2. The van der Waals surface area contributed by atoms with E-state index in [1.54, 1.807) is 0 Å². The van der Waals surface area contributed by atoms with Crippen LogP contribution < -0.4 is 11.1 Å². The van der Waals surface area contributed by atoms with Crippen LogP contribution in [0.5, 0.6) is 0 Å². The van der Waals surface area contributed by atoms with Crippen LogP contribution in [0.3, 0.4) is 0 Å². The van der Waals surface area contributed by atoms with E-state index in [9.17, 15) is 4.79 Å². The highest BCUT2D eigenvalue weighted by Crippen LogP contribution is 2.23. The molecule has 3 N–H and O–H groups in total. The summed E-state index contributed by atoms with van der Waals surface area (Å²) < 4.78 is 0. The first kappa shape index (κ1) is 15.3. The molecule has 0 saturated carbocycles. The molecule has 0 radical (unpaired) electrons. The van der Waals surface area contributed by atoms with E-state index in [2.05, 4.69) is 24.1 Å². The average Bonchev–Trinajstić information content (AvgIpc) is 2.87. The molecule has 2 aromatic rings. The summed E-state index contributed by atoms with van der Waals surface area (Å²) in [7, 11) is 0. The van der Waals surface area contributed by atoms with Crippen LogP contribution in [0.1, 0.15) is 32.6 Å². The summed E-state index contributed by atoms with van der Waals surface area (Å²) >= 11 is 1.40. The molecule has 1 aromatic carbocycles. The minimum Gasteiger partial charge on any atom is -0.321 e. The van der Waals surface area contributed by atoms with Crippen LogP contribution >= 0.6 is 11.3 Å². The fraction of sp³-hybridized carbons (Fsp3) is 0.235. The van der Waals surface area contributed by atoms with Crippen molar-refractivity contribution in [2.24, 2.45) is 5.73 Å². The second kappa shape index (κ2) is 7.07. The third kappa shape index (κ3) is 3.72. The lowest BCUT2D eigenvalue weighted by molar-refractivity contribution is 0.103. The van der Waals surface area contributed by atoms with Crippen molar-refractivity contribution in [2.75, 3.05) is 11.9 Å². The summed E-state index contributed by atoms with van der Waals surface area (Å²) in [6.45, 7) is 4.34. The van der Waals surface area contributed by atoms with Crippen molar-refractivity contribution in [3.05, 3.63) is 51.2 Å². The van der Waals surface area contributed by atoms with Gasteiger partial charge in [0, 0.05) is 5.69 Å². The van der Waals surface area contributed by atoms with Gasteiger partial charge >= 0.3 is 0 Å². The number of benzene rings is 1. The van der Waals surface area contributed by atoms with E-state index in [1.807, 2.05) is 37.3 Å². The largest absolute Gasteiger partial charge is 0.321 e. The predicted molar refractivity (Wildman–Crippen MR) is 88.8 cm³/mol. The number of hydrogen-bond acceptors (Lipinski definition) is 3. The maximum atomic E-state index is 12.3. The van der Waals surface area contributed by atoms with Gasteiger partial charge in [0.2, 0.25) is 0 Å². The van der Waals surface area contributed by atoms with Crippen LogP contribution in [0.15, 0.2) is 30.3 Å². The normalized spacial score (nSPS) is 9.86. The molecule has 0 spiro atoms. The van der Waals surface area contributed by atoms with Crippen molar-refractivity contribution in [3.8, 4) is 11.8 Å². The fourth-order valence-electron chi connectivity index (χ4n) is 1.98. The Hall–Kier alpha value is -2.09. The maximum Gasteiger partial charge on any atom is 0.265 e. The Morgan fingerprint density at radius 3 is 2.86 bits per heavy atom. The Balaban J connectivity index is 2.21. The van der Waals surface area contributed by atoms with Crippen LogP contribution in [0.2, 0.25) is 0 Å². The summed E-state index contributed by atoms with van der Waals surface area (Å²) in [6, 6.07) is 9.71. The number of thiophene rings is 1. The SMILES string of the molecule is CCc1ccccc1NC(=O)c1cc(C)c(C#CCN)s1. The van der Waals surface area contributed by atoms with E-state index >= 15 is 0 Å². The highest BCUT2D eigenvalue weighted by molar-refractivity contribution is 7.14. The molecular formula is C17H18N2OS. The smallest absolute Gasteiger partial charge is 0.265 e. The van der Waals surface area contributed by atoms with Crippen molar-refractivity contribution in [1.82, 2.24) is 0 Å². The Kier molecular flexibility index (Phi) is 5.15. The fourth-order valence-corrected chi connectivity index (χ4v) is 2.93. The van der Waals surface area contributed by atoms with Gasteiger partial charge in [-0.05, 0) is 36.6 Å². The van der Waals surface area contributed by atoms with Gasteiger partial charge < -0.3 is 11.1 Å². The van der Waals surface area contributed by atoms with Crippen LogP contribution in [0, 0.1) is 18.8 Å². The number of anilines is 1. The molecule has 0 aliphatic rings. The number of aryl methyl sites for hydroxylation is 2.